The van der Waals surface area contributed by atoms with Gasteiger partial charge in [-0.1, -0.05) is 23.7 Å². The Morgan fingerprint density at radius 3 is 2.76 bits per heavy atom. The number of hydrogen-bond acceptors (Lipinski definition) is 4. The first kappa shape index (κ1) is 16.9. The standard InChI is InChI=1S/C19H15ClN2O3/c20-16-9-15(10-17-19(16)25-8-7-24-17)5-6-18(23)22-12-14-3-1-13(11-21)2-4-14/h1-6,9-10H,7-8,12H2,(H,22,23)/b6-5+. The molecule has 6 heteroatoms. The van der Waals surface area contributed by atoms with Crippen LogP contribution in [0.5, 0.6) is 11.5 Å². The zero-order valence-electron chi connectivity index (χ0n) is 13.3. The van der Waals surface area contributed by atoms with Gasteiger partial charge >= 0.3 is 0 Å². The molecule has 1 aliphatic heterocycles. The molecule has 0 unspecified atom stereocenters. The van der Waals surface area contributed by atoms with E-state index in [0.29, 0.717) is 41.8 Å². The molecule has 5 nitrogen and oxygen atoms in total. The predicted octanol–water partition coefficient (Wildman–Crippen LogP) is 3.31. The van der Waals surface area contributed by atoms with Gasteiger partial charge in [0.2, 0.25) is 5.91 Å². The second kappa shape index (κ2) is 7.73. The van der Waals surface area contributed by atoms with E-state index < -0.39 is 0 Å². The van der Waals surface area contributed by atoms with E-state index in [0.717, 1.165) is 11.1 Å². The lowest BCUT2D eigenvalue weighted by Crippen LogP contribution is -2.20. The molecule has 0 aliphatic carbocycles. The summed E-state index contributed by atoms with van der Waals surface area (Å²) in [6.07, 6.45) is 3.10. The third kappa shape index (κ3) is 4.31. The molecule has 0 saturated heterocycles. The second-order valence-electron chi connectivity index (χ2n) is 5.39. The van der Waals surface area contributed by atoms with Gasteiger partial charge in [-0.15, -0.1) is 0 Å². The fraction of sp³-hybridized carbons (Fsp3) is 0.158. The monoisotopic (exact) mass is 354 g/mol. The first-order valence-corrected chi connectivity index (χ1v) is 8.07. The molecule has 3 rings (SSSR count). The summed E-state index contributed by atoms with van der Waals surface area (Å²) in [6, 6.07) is 12.6. The first-order chi connectivity index (χ1) is 12.2. The van der Waals surface area contributed by atoms with Crippen molar-refractivity contribution in [2.24, 2.45) is 0 Å². The zero-order chi connectivity index (χ0) is 17.6. The van der Waals surface area contributed by atoms with Crippen molar-refractivity contribution in [1.29, 1.82) is 5.26 Å². The van der Waals surface area contributed by atoms with Crippen molar-refractivity contribution in [3.05, 3.63) is 64.2 Å². The lowest BCUT2D eigenvalue weighted by Gasteiger charge is -2.19. The second-order valence-corrected chi connectivity index (χ2v) is 5.79. The van der Waals surface area contributed by atoms with Crippen LogP contribution < -0.4 is 14.8 Å². The maximum atomic E-state index is 11.9. The Morgan fingerprint density at radius 2 is 2.00 bits per heavy atom. The number of carbonyl (C=O) groups is 1. The van der Waals surface area contributed by atoms with Crippen molar-refractivity contribution in [3.63, 3.8) is 0 Å². The minimum absolute atomic E-state index is 0.227. The number of fused-ring (bicyclic) bond motifs is 1. The Bertz CT molecular complexity index is 854. The molecule has 0 fully saturated rings. The number of nitriles is 1. The summed E-state index contributed by atoms with van der Waals surface area (Å²) in [4.78, 5) is 11.9. The maximum Gasteiger partial charge on any atom is 0.244 e. The van der Waals surface area contributed by atoms with Crippen LogP contribution in [0.4, 0.5) is 0 Å². The van der Waals surface area contributed by atoms with E-state index in [1.54, 1.807) is 30.3 Å². The fourth-order valence-electron chi connectivity index (χ4n) is 2.34. The van der Waals surface area contributed by atoms with Crippen LogP contribution in [0.2, 0.25) is 5.02 Å². The van der Waals surface area contributed by atoms with Crippen molar-refractivity contribution in [1.82, 2.24) is 5.32 Å². The van der Waals surface area contributed by atoms with Crippen molar-refractivity contribution in [2.75, 3.05) is 13.2 Å². The number of nitrogens with zero attached hydrogens (tertiary/aromatic N) is 1. The van der Waals surface area contributed by atoms with Gasteiger partial charge in [0.15, 0.2) is 11.5 Å². The number of halogens is 1. The highest BCUT2D eigenvalue weighted by molar-refractivity contribution is 6.32. The third-order valence-electron chi connectivity index (χ3n) is 3.60. The normalized spacial score (nSPS) is 12.6. The minimum Gasteiger partial charge on any atom is -0.486 e. The maximum absolute atomic E-state index is 11.9. The van der Waals surface area contributed by atoms with Crippen molar-refractivity contribution in [3.8, 4) is 17.6 Å². The molecule has 1 amide bonds. The number of ether oxygens (including phenoxy) is 2. The molecular weight excluding hydrogens is 340 g/mol. The molecule has 2 aromatic rings. The molecule has 0 aromatic heterocycles. The lowest BCUT2D eigenvalue weighted by atomic mass is 10.1. The molecule has 1 N–H and O–H groups in total. The summed E-state index contributed by atoms with van der Waals surface area (Å²) < 4.78 is 11.0. The highest BCUT2D eigenvalue weighted by atomic mass is 35.5. The van der Waals surface area contributed by atoms with Gasteiger partial charge in [0.1, 0.15) is 13.2 Å². The first-order valence-electron chi connectivity index (χ1n) is 7.70. The number of amides is 1. The largest absolute Gasteiger partial charge is 0.486 e. The van der Waals surface area contributed by atoms with Crippen LogP contribution in [-0.4, -0.2) is 19.1 Å². The fourth-order valence-corrected chi connectivity index (χ4v) is 2.62. The van der Waals surface area contributed by atoms with E-state index in [2.05, 4.69) is 11.4 Å². The van der Waals surface area contributed by atoms with Crippen LogP contribution in [0.3, 0.4) is 0 Å². The highest BCUT2D eigenvalue weighted by Crippen LogP contribution is 2.38. The van der Waals surface area contributed by atoms with E-state index in [4.69, 9.17) is 26.3 Å². The summed E-state index contributed by atoms with van der Waals surface area (Å²) >= 11 is 6.17. The van der Waals surface area contributed by atoms with E-state index in [-0.39, 0.29) is 5.91 Å². The van der Waals surface area contributed by atoms with Gasteiger partial charge in [0, 0.05) is 12.6 Å². The highest BCUT2D eigenvalue weighted by Gasteiger charge is 2.15. The summed E-state index contributed by atoms with van der Waals surface area (Å²) in [5.74, 6) is 0.891. The van der Waals surface area contributed by atoms with Gasteiger partial charge in [0.05, 0.1) is 16.7 Å². The number of benzene rings is 2. The van der Waals surface area contributed by atoms with Crippen LogP contribution in [0.1, 0.15) is 16.7 Å². The van der Waals surface area contributed by atoms with Gasteiger partial charge in [0.25, 0.3) is 0 Å². The van der Waals surface area contributed by atoms with Crippen LogP contribution in [0.25, 0.3) is 6.08 Å². The number of nitrogens with one attached hydrogen (secondary N) is 1. The molecule has 0 saturated carbocycles. The van der Waals surface area contributed by atoms with E-state index in [9.17, 15) is 4.79 Å². The summed E-state index contributed by atoms with van der Waals surface area (Å²) in [7, 11) is 0. The minimum atomic E-state index is -0.227. The van der Waals surface area contributed by atoms with E-state index in [1.165, 1.54) is 6.08 Å². The molecule has 0 atom stereocenters. The Balaban J connectivity index is 1.60. The molecule has 0 bridgehead atoms. The molecule has 2 aromatic carbocycles. The van der Waals surface area contributed by atoms with Gasteiger partial charge < -0.3 is 14.8 Å². The molecule has 126 valence electrons. The molecule has 25 heavy (non-hydrogen) atoms. The van der Waals surface area contributed by atoms with Crippen molar-refractivity contribution < 1.29 is 14.3 Å². The molecule has 0 radical (unpaired) electrons. The Morgan fingerprint density at radius 1 is 1.24 bits per heavy atom. The van der Waals surface area contributed by atoms with Crippen LogP contribution in [0.15, 0.2) is 42.5 Å². The number of carbonyl (C=O) groups excluding carboxylic acids is 1. The van der Waals surface area contributed by atoms with Crippen LogP contribution in [0, 0.1) is 11.3 Å². The quantitative estimate of drug-likeness (QED) is 0.855. The summed E-state index contributed by atoms with van der Waals surface area (Å²) in [6.45, 7) is 1.33. The lowest BCUT2D eigenvalue weighted by molar-refractivity contribution is -0.116. The SMILES string of the molecule is N#Cc1ccc(CNC(=O)/C=C/c2cc(Cl)c3c(c2)OCCO3)cc1. The van der Waals surface area contributed by atoms with Crippen LogP contribution in [-0.2, 0) is 11.3 Å². The zero-order valence-corrected chi connectivity index (χ0v) is 14.0. The predicted molar refractivity (Wildman–Crippen MR) is 94.5 cm³/mol. The van der Waals surface area contributed by atoms with Gasteiger partial charge in [-0.2, -0.15) is 5.26 Å². The number of rotatable bonds is 4. The summed E-state index contributed by atoms with van der Waals surface area (Å²) in [5, 5.41) is 12.0. The van der Waals surface area contributed by atoms with E-state index >= 15 is 0 Å². The van der Waals surface area contributed by atoms with E-state index in [1.807, 2.05) is 12.1 Å². The molecule has 1 heterocycles. The molecule has 0 spiro atoms. The topological polar surface area (TPSA) is 71.4 Å². The van der Waals surface area contributed by atoms with Gasteiger partial charge in [-0.05, 0) is 41.5 Å². The Labute approximate surface area is 150 Å². The summed E-state index contributed by atoms with van der Waals surface area (Å²) in [5.41, 5.74) is 2.26. The van der Waals surface area contributed by atoms with Crippen molar-refractivity contribution >= 4 is 23.6 Å². The van der Waals surface area contributed by atoms with Crippen LogP contribution >= 0.6 is 11.6 Å². The molecular formula is C19H15ClN2O3. The van der Waals surface area contributed by atoms with Gasteiger partial charge in [-0.3, -0.25) is 4.79 Å². The van der Waals surface area contributed by atoms with Gasteiger partial charge in [-0.25, -0.2) is 0 Å². The number of hydrogen-bond donors (Lipinski definition) is 1. The Kier molecular flexibility index (Phi) is 5.22. The van der Waals surface area contributed by atoms with Crippen molar-refractivity contribution in [2.45, 2.75) is 6.54 Å². The third-order valence-corrected chi connectivity index (χ3v) is 3.88. The molecule has 1 aliphatic rings. The average molecular weight is 355 g/mol. The average Bonchev–Trinajstić information content (AvgIpc) is 2.65. The Hall–Kier alpha value is -2.97. The smallest absolute Gasteiger partial charge is 0.244 e.